The van der Waals surface area contributed by atoms with Crippen LogP contribution in [0.3, 0.4) is 0 Å². The number of fused-ring (bicyclic) bond motifs is 1. The Morgan fingerprint density at radius 2 is 1.96 bits per heavy atom. The number of thioether (sulfide) groups is 1. The van der Waals surface area contributed by atoms with Crippen molar-refractivity contribution in [2.24, 2.45) is 0 Å². The van der Waals surface area contributed by atoms with E-state index in [1.54, 1.807) is 12.1 Å². The molecule has 2 N–H and O–H groups in total. The zero-order valence-corrected chi connectivity index (χ0v) is 15.0. The maximum absolute atomic E-state index is 12.1. The number of hydrogen-bond donors (Lipinski definition) is 2. The number of nitrogens with one attached hydrogen (secondary N) is 2. The van der Waals surface area contributed by atoms with Gasteiger partial charge in [-0.15, -0.1) is 11.8 Å². The highest BCUT2D eigenvalue weighted by Gasteiger charge is 2.13. The minimum atomic E-state index is -0.323. The van der Waals surface area contributed by atoms with E-state index in [1.807, 2.05) is 30.0 Å². The van der Waals surface area contributed by atoms with Gasteiger partial charge >= 0.3 is 0 Å². The van der Waals surface area contributed by atoms with Crippen LogP contribution < -0.4 is 5.32 Å². The lowest BCUT2D eigenvalue weighted by Crippen LogP contribution is -2.11. The van der Waals surface area contributed by atoms with Gasteiger partial charge in [0.2, 0.25) is 0 Å². The lowest BCUT2D eigenvalue weighted by molar-refractivity contribution is 0.0996. The number of benzene rings is 2. The highest BCUT2D eigenvalue weighted by molar-refractivity contribution is 7.99. The molecule has 4 rings (SSSR count). The van der Waals surface area contributed by atoms with Gasteiger partial charge in [0, 0.05) is 10.3 Å². The third-order valence-electron chi connectivity index (χ3n) is 4.04. The Bertz CT molecular complexity index is 1040. The number of amides is 1. The molecule has 5 nitrogen and oxygen atoms in total. The average molecular weight is 363 g/mol. The van der Waals surface area contributed by atoms with E-state index >= 15 is 0 Å². The Labute approximate surface area is 154 Å². The summed E-state index contributed by atoms with van der Waals surface area (Å²) in [5, 5.41) is 10.8. The molecule has 0 spiro atoms. The van der Waals surface area contributed by atoms with E-state index < -0.39 is 0 Å². The first-order chi connectivity index (χ1) is 12.7. The molecule has 1 amide bonds. The summed E-state index contributed by atoms with van der Waals surface area (Å²) in [7, 11) is 0. The molecular formula is C20H17N3O2S. The smallest absolute Gasteiger partial charge is 0.292 e. The SMILES string of the molecule is CCSc1ccc(-c2ccc3c(NC(=O)c4ccco4)n[nH]c3c2)cc1. The lowest BCUT2D eigenvalue weighted by Gasteiger charge is -2.04. The molecule has 0 atom stereocenters. The van der Waals surface area contributed by atoms with Crippen LogP contribution in [0.15, 0.2) is 70.2 Å². The third-order valence-corrected chi connectivity index (χ3v) is 4.93. The Morgan fingerprint density at radius 1 is 1.15 bits per heavy atom. The van der Waals surface area contributed by atoms with Gasteiger partial charge in [-0.05, 0) is 53.3 Å². The van der Waals surface area contributed by atoms with Gasteiger partial charge in [-0.2, -0.15) is 5.10 Å². The quantitative estimate of drug-likeness (QED) is 0.479. The van der Waals surface area contributed by atoms with Gasteiger partial charge in [-0.1, -0.05) is 25.1 Å². The fraction of sp³-hybridized carbons (Fsp3) is 0.100. The predicted octanol–water partition coefficient (Wildman–Crippen LogP) is 5.19. The Kier molecular flexibility index (Phi) is 4.50. The second-order valence-corrected chi connectivity index (χ2v) is 7.06. The van der Waals surface area contributed by atoms with E-state index in [1.165, 1.54) is 11.2 Å². The molecule has 2 aromatic heterocycles. The van der Waals surface area contributed by atoms with Crippen molar-refractivity contribution in [3.63, 3.8) is 0 Å². The largest absolute Gasteiger partial charge is 0.459 e. The zero-order chi connectivity index (χ0) is 17.9. The van der Waals surface area contributed by atoms with Crippen molar-refractivity contribution in [1.29, 1.82) is 0 Å². The maximum Gasteiger partial charge on any atom is 0.292 e. The van der Waals surface area contributed by atoms with Crippen LogP contribution in [0.4, 0.5) is 5.82 Å². The van der Waals surface area contributed by atoms with E-state index in [2.05, 4.69) is 46.7 Å². The number of aromatic amines is 1. The van der Waals surface area contributed by atoms with E-state index in [9.17, 15) is 4.79 Å². The number of nitrogens with zero attached hydrogens (tertiary/aromatic N) is 1. The molecule has 2 aromatic carbocycles. The molecule has 0 saturated carbocycles. The van der Waals surface area contributed by atoms with E-state index in [0.717, 1.165) is 27.8 Å². The van der Waals surface area contributed by atoms with Crippen LogP contribution in [-0.4, -0.2) is 21.9 Å². The van der Waals surface area contributed by atoms with Gasteiger partial charge in [-0.25, -0.2) is 0 Å². The highest BCUT2D eigenvalue weighted by Crippen LogP contribution is 2.29. The van der Waals surface area contributed by atoms with Crippen molar-refractivity contribution < 1.29 is 9.21 Å². The summed E-state index contributed by atoms with van der Waals surface area (Å²) in [5.41, 5.74) is 3.10. The fourth-order valence-electron chi connectivity index (χ4n) is 2.78. The van der Waals surface area contributed by atoms with Crippen LogP contribution in [0.5, 0.6) is 0 Å². The van der Waals surface area contributed by atoms with Gasteiger partial charge in [-0.3, -0.25) is 9.89 Å². The standard InChI is InChI=1S/C20H17N3O2S/c1-2-26-15-8-5-13(6-9-15)14-7-10-16-17(12-14)22-23-19(16)21-20(24)18-4-3-11-25-18/h3-12H,2H2,1H3,(H2,21,22,23,24). The molecular weight excluding hydrogens is 346 g/mol. The Balaban J connectivity index is 1.59. The molecule has 26 heavy (non-hydrogen) atoms. The van der Waals surface area contributed by atoms with Crippen LogP contribution in [0.2, 0.25) is 0 Å². The van der Waals surface area contributed by atoms with Crippen molar-refractivity contribution in [2.45, 2.75) is 11.8 Å². The molecule has 0 aliphatic rings. The Morgan fingerprint density at radius 3 is 2.69 bits per heavy atom. The highest BCUT2D eigenvalue weighted by atomic mass is 32.2. The van der Waals surface area contributed by atoms with E-state index in [4.69, 9.17) is 4.42 Å². The van der Waals surface area contributed by atoms with Crippen molar-refractivity contribution in [2.75, 3.05) is 11.1 Å². The maximum atomic E-state index is 12.1. The zero-order valence-electron chi connectivity index (χ0n) is 14.2. The summed E-state index contributed by atoms with van der Waals surface area (Å²) in [6, 6.07) is 17.8. The molecule has 130 valence electrons. The predicted molar refractivity (Wildman–Crippen MR) is 105 cm³/mol. The molecule has 6 heteroatoms. The summed E-state index contributed by atoms with van der Waals surface area (Å²) in [6.45, 7) is 2.15. The number of aromatic nitrogens is 2. The molecule has 0 bridgehead atoms. The van der Waals surface area contributed by atoms with E-state index in [-0.39, 0.29) is 11.7 Å². The number of carbonyl (C=O) groups excluding carboxylic acids is 1. The number of anilines is 1. The third kappa shape index (κ3) is 3.23. The normalized spacial score (nSPS) is 11.0. The molecule has 0 saturated heterocycles. The van der Waals surface area contributed by atoms with Crippen LogP contribution >= 0.6 is 11.8 Å². The fourth-order valence-corrected chi connectivity index (χ4v) is 3.44. The van der Waals surface area contributed by atoms with Crippen molar-refractivity contribution in [3.8, 4) is 11.1 Å². The summed E-state index contributed by atoms with van der Waals surface area (Å²) >= 11 is 1.83. The van der Waals surface area contributed by atoms with Gasteiger partial charge in [0.25, 0.3) is 5.91 Å². The molecule has 0 aliphatic heterocycles. The van der Waals surface area contributed by atoms with Crippen LogP contribution in [0, 0.1) is 0 Å². The van der Waals surface area contributed by atoms with Crippen molar-refractivity contribution in [1.82, 2.24) is 10.2 Å². The van der Waals surface area contributed by atoms with Gasteiger partial charge in [0.05, 0.1) is 11.8 Å². The summed E-state index contributed by atoms with van der Waals surface area (Å²) < 4.78 is 5.11. The number of rotatable bonds is 5. The van der Waals surface area contributed by atoms with Gasteiger partial charge in [0.1, 0.15) is 0 Å². The van der Waals surface area contributed by atoms with Crippen molar-refractivity contribution >= 4 is 34.4 Å². The lowest BCUT2D eigenvalue weighted by atomic mass is 10.0. The molecule has 2 heterocycles. The van der Waals surface area contributed by atoms with Gasteiger partial charge < -0.3 is 9.73 Å². The van der Waals surface area contributed by atoms with Crippen LogP contribution in [0.1, 0.15) is 17.5 Å². The minimum Gasteiger partial charge on any atom is -0.459 e. The summed E-state index contributed by atoms with van der Waals surface area (Å²) in [5.74, 6) is 1.48. The van der Waals surface area contributed by atoms with Crippen molar-refractivity contribution in [3.05, 3.63) is 66.6 Å². The monoisotopic (exact) mass is 363 g/mol. The summed E-state index contributed by atoms with van der Waals surface area (Å²) in [6.07, 6.45) is 1.47. The summed E-state index contributed by atoms with van der Waals surface area (Å²) in [4.78, 5) is 13.4. The first-order valence-corrected chi connectivity index (χ1v) is 9.29. The number of hydrogen-bond acceptors (Lipinski definition) is 4. The second kappa shape index (κ2) is 7.09. The number of H-pyrrole nitrogens is 1. The molecule has 0 fully saturated rings. The molecule has 0 unspecified atom stereocenters. The molecule has 4 aromatic rings. The number of furan rings is 1. The van der Waals surface area contributed by atoms with Gasteiger partial charge in [0.15, 0.2) is 11.6 Å². The molecule has 0 aliphatic carbocycles. The molecule has 0 radical (unpaired) electrons. The minimum absolute atomic E-state index is 0.253. The average Bonchev–Trinajstić information content (AvgIpc) is 3.33. The van der Waals surface area contributed by atoms with Crippen LogP contribution in [-0.2, 0) is 0 Å². The number of carbonyl (C=O) groups is 1. The topological polar surface area (TPSA) is 70.9 Å². The first kappa shape index (κ1) is 16.5. The Hall–Kier alpha value is -2.99. The van der Waals surface area contributed by atoms with Crippen LogP contribution in [0.25, 0.3) is 22.0 Å². The second-order valence-electron chi connectivity index (χ2n) is 5.72. The van der Waals surface area contributed by atoms with E-state index in [0.29, 0.717) is 5.82 Å². The first-order valence-electron chi connectivity index (χ1n) is 8.31.